The highest BCUT2D eigenvalue weighted by Gasteiger charge is 2.26. The average molecular weight is 417 g/mol. The van der Waals surface area contributed by atoms with Crippen LogP contribution in [0.2, 0.25) is 0 Å². The van der Waals surface area contributed by atoms with E-state index < -0.39 is 21.9 Å². The molecule has 2 unspecified atom stereocenters. The van der Waals surface area contributed by atoms with Crippen molar-refractivity contribution in [1.82, 2.24) is 4.98 Å². The summed E-state index contributed by atoms with van der Waals surface area (Å²) in [5, 5.41) is 29.6. The quantitative estimate of drug-likeness (QED) is 0.558. The zero-order chi connectivity index (χ0) is 20.8. The van der Waals surface area contributed by atoms with Gasteiger partial charge in [0.05, 0.1) is 10.5 Å². The molecule has 5 N–H and O–H groups in total. The molecule has 2 aliphatic carbocycles. The monoisotopic (exact) mass is 416 g/mol. The highest BCUT2D eigenvalue weighted by atomic mass is 32.2. The van der Waals surface area contributed by atoms with E-state index in [1.54, 1.807) is 38.1 Å². The molecule has 4 rings (SSSR count). The Morgan fingerprint density at radius 1 is 1.10 bits per heavy atom. The fraction of sp³-hybridized carbons (Fsp3) is 0.476. The van der Waals surface area contributed by atoms with Crippen LogP contribution in [0.1, 0.15) is 54.8 Å². The first-order valence-electron chi connectivity index (χ1n) is 10.0. The first kappa shape index (κ1) is 20.3. The lowest BCUT2D eigenvalue weighted by atomic mass is 9.99. The minimum absolute atomic E-state index is 0.302. The molecule has 0 saturated heterocycles. The number of anilines is 1. The summed E-state index contributed by atoms with van der Waals surface area (Å²) in [7, 11) is -3.30. The highest BCUT2D eigenvalue weighted by molar-refractivity contribution is 7.91. The van der Waals surface area contributed by atoms with Crippen molar-refractivity contribution >= 4 is 15.6 Å². The highest BCUT2D eigenvalue weighted by Crippen LogP contribution is 2.37. The summed E-state index contributed by atoms with van der Waals surface area (Å²) >= 11 is 0. The van der Waals surface area contributed by atoms with E-state index in [1.807, 2.05) is 0 Å². The van der Waals surface area contributed by atoms with E-state index in [9.17, 15) is 14.4 Å². The number of hydrogen-bond donors (Lipinski definition) is 4. The molecule has 1 heterocycles. The van der Waals surface area contributed by atoms with E-state index in [0.717, 1.165) is 66.7 Å². The van der Waals surface area contributed by atoms with Gasteiger partial charge in [0.1, 0.15) is 9.92 Å². The van der Waals surface area contributed by atoms with Gasteiger partial charge in [0, 0.05) is 17.1 Å². The minimum Gasteiger partial charge on any atom is -0.386 e. The van der Waals surface area contributed by atoms with Crippen LogP contribution in [0.15, 0.2) is 33.5 Å². The molecule has 7 nitrogen and oxygen atoms in total. The van der Waals surface area contributed by atoms with E-state index in [1.165, 1.54) is 0 Å². The Hall–Kier alpha value is -2.00. The zero-order valence-corrected chi connectivity index (χ0v) is 17.6. The Kier molecular flexibility index (Phi) is 5.14. The fourth-order valence-electron chi connectivity index (χ4n) is 4.18. The van der Waals surface area contributed by atoms with Crippen LogP contribution in [-0.4, -0.2) is 25.8 Å². The number of nitrogens with zero attached hydrogens (tertiary/aromatic N) is 2. The maximum Gasteiger partial charge on any atom is 0.233 e. The van der Waals surface area contributed by atoms with Crippen LogP contribution in [0.5, 0.6) is 0 Å². The van der Waals surface area contributed by atoms with Gasteiger partial charge in [-0.25, -0.2) is 9.35 Å². The van der Waals surface area contributed by atoms with E-state index in [2.05, 4.69) is 9.68 Å². The van der Waals surface area contributed by atoms with E-state index in [4.69, 9.17) is 10.1 Å². The van der Waals surface area contributed by atoms with Crippen LogP contribution in [-0.2, 0) is 41.2 Å². The average Bonchev–Trinajstić information content (AvgIpc) is 3.29. The summed E-state index contributed by atoms with van der Waals surface area (Å²) in [6.07, 6.45) is 4.45. The van der Waals surface area contributed by atoms with Crippen molar-refractivity contribution in [1.29, 1.82) is 0 Å². The number of pyridine rings is 1. The zero-order valence-electron chi connectivity index (χ0n) is 16.8. The SMILES string of the molecule is CC(C)(O)c1ccc(S(N)(=O)=NC(O)Nc2c3c(nc4c2CCC4)CCC3)cc1. The van der Waals surface area contributed by atoms with Crippen LogP contribution in [0.4, 0.5) is 5.69 Å². The second kappa shape index (κ2) is 7.36. The van der Waals surface area contributed by atoms with Crippen LogP contribution in [0.25, 0.3) is 0 Å². The molecule has 156 valence electrons. The summed E-state index contributed by atoms with van der Waals surface area (Å²) in [6, 6.07) is 6.49. The number of aryl methyl sites for hydroxylation is 2. The Labute approximate surface area is 171 Å². The molecule has 0 radical (unpaired) electrons. The largest absolute Gasteiger partial charge is 0.386 e. The van der Waals surface area contributed by atoms with Gasteiger partial charge in [0.2, 0.25) is 6.35 Å². The van der Waals surface area contributed by atoms with Crippen LogP contribution in [0, 0.1) is 0 Å². The van der Waals surface area contributed by atoms with Gasteiger partial charge >= 0.3 is 0 Å². The number of aliphatic hydroxyl groups is 2. The molecular weight excluding hydrogens is 388 g/mol. The molecule has 0 aliphatic heterocycles. The topological polar surface area (TPSA) is 121 Å². The predicted molar refractivity (Wildman–Crippen MR) is 113 cm³/mol. The smallest absolute Gasteiger partial charge is 0.233 e. The standard InChI is InChI=1S/C21H28N4O3S/c1-21(2,27)13-9-11-14(12-10-13)29(22,28)25-20(26)24-19-15-5-3-7-17(15)23-18-8-4-6-16(18)19/h9-12,20,26-27H,3-8H2,1-2H3,(H,23,24)(H2,22,25,28). The van der Waals surface area contributed by atoms with E-state index >= 15 is 0 Å². The van der Waals surface area contributed by atoms with Crippen molar-refractivity contribution < 1.29 is 14.4 Å². The summed E-state index contributed by atoms with van der Waals surface area (Å²) in [6.45, 7) is 3.34. The lowest BCUT2D eigenvalue weighted by Crippen LogP contribution is -2.24. The summed E-state index contributed by atoms with van der Waals surface area (Å²) < 4.78 is 16.9. The molecule has 0 spiro atoms. The van der Waals surface area contributed by atoms with Gasteiger partial charge in [-0.05, 0) is 81.2 Å². The number of nitrogens with one attached hydrogen (secondary N) is 1. The van der Waals surface area contributed by atoms with Crippen molar-refractivity contribution in [3.8, 4) is 0 Å². The first-order chi connectivity index (χ1) is 13.6. The molecular formula is C21H28N4O3S. The molecule has 29 heavy (non-hydrogen) atoms. The third-order valence-electron chi connectivity index (χ3n) is 5.68. The number of hydrogen-bond acceptors (Lipinski definition) is 6. The van der Waals surface area contributed by atoms with Crippen molar-refractivity contribution in [3.63, 3.8) is 0 Å². The van der Waals surface area contributed by atoms with Gasteiger partial charge < -0.3 is 15.5 Å². The second-order valence-electron chi connectivity index (χ2n) is 8.32. The molecule has 2 atom stereocenters. The molecule has 0 saturated carbocycles. The van der Waals surface area contributed by atoms with E-state index in [-0.39, 0.29) is 0 Å². The van der Waals surface area contributed by atoms with E-state index in [0.29, 0.717) is 10.5 Å². The van der Waals surface area contributed by atoms with Gasteiger partial charge in [0.25, 0.3) is 0 Å². The van der Waals surface area contributed by atoms with Gasteiger partial charge in [-0.3, -0.25) is 4.98 Å². The number of rotatable bonds is 5. The molecule has 0 bridgehead atoms. The van der Waals surface area contributed by atoms with Gasteiger partial charge in [-0.15, -0.1) is 0 Å². The molecule has 0 amide bonds. The third-order valence-corrected chi connectivity index (χ3v) is 7.14. The van der Waals surface area contributed by atoms with Crippen LogP contribution >= 0.6 is 0 Å². The number of fused-ring (bicyclic) bond motifs is 2. The molecule has 8 heteroatoms. The molecule has 1 aromatic heterocycles. The number of aliphatic hydroxyl groups excluding tert-OH is 1. The Bertz CT molecular complexity index is 1020. The molecule has 2 aromatic rings. The van der Waals surface area contributed by atoms with Crippen LogP contribution < -0.4 is 10.5 Å². The lowest BCUT2D eigenvalue weighted by Gasteiger charge is -2.19. The van der Waals surface area contributed by atoms with Gasteiger partial charge in [-0.2, -0.15) is 4.36 Å². The Morgan fingerprint density at radius 3 is 2.17 bits per heavy atom. The molecule has 2 aliphatic rings. The van der Waals surface area contributed by atoms with Gasteiger partial charge in [0.15, 0.2) is 0 Å². The minimum atomic E-state index is -3.30. The molecule has 0 fully saturated rings. The third kappa shape index (κ3) is 4.02. The second-order valence-corrected chi connectivity index (χ2v) is 10.1. The van der Waals surface area contributed by atoms with Crippen LogP contribution in [0.3, 0.4) is 0 Å². The maximum absolute atomic E-state index is 13.0. The Morgan fingerprint density at radius 2 is 1.66 bits per heavy atom. The number of nitrogens with two attached hydrogens (primary N) is 1. The maximum atomic E-state index is 13.0. The first-order valence-corrected chi connectivity index (χ1v) is 11.6. The van der Waals surface area contributed by atoms with Gasteiger partial charge in [-0.1, -0.05) is 12.1 Å². The summed E-state index contributed by atoms with van der Waals surface area (Å²) in [4.78, 5) is 5.10. The summed E-state index contributed by atoms with van der Waals surface area (Å²) in [5.74, 6) is 0. The van der Waals surface area contributed by atoms with Crippen molar-refractivity contribution in [2.75, 3.05) is 5.32 Å². The van der Waals surface area contributed by atoms with Crippen molar-refractivity contribution in [2.45, 2.75) is 69.2 Å². The van der Waals surface area contributed by atoms with Crippen molar-refractivity contribution in [3.05, 3.63) is 52.3 Å². The fourth-order valence-corrected chi connectivity index (χ4v) is 5.18. The predicted octanol–water partition coefficient (Wildman–Crippen LogP) is 2.38. The Balaban J connectivity index is 1.62. The normalized spacial score (nSPS) is 18.7. The molecule has 1 aromatic carbocycles. The van der Waals surface area contributed by atoms with Crippen molar-refractivity contribution in [2.24, 2.45) is 9.50 Å². The summed E-state index contributed by atoms with van der Waals surface area (Å²) in [5.41, 5.74) is 5.03. The lowest BCUT2D eigenvalue weighted by molar-refractivity contribution is 0.0785. The number of aromatic nitrogens is 1. The number of benzene rings is 1.